The molecule has 0 aromatic heterocycles. The molecule has 1 unspecified atom stereocenters. The second kappa shape index (κ2) is 3.77. The average molecular weight is 171 g/mol. The Balaban J connectivity index is 2.85. The van der Waals surface area contributed by atoms with Crippen LogP contribution in [0, 0.1) is 0 Å². The van der Waals surface area contributed by atoms with E-state index >= 15 is 0 Å². The van der Waals surface area contributed by atoms with Gasteiger partial charge in [0.2, 0.25) is 11.8 Å². The van der Waals surface area contributed by atoms with E-state index in [0.717, 1.165) is 5.30 Å². The van der Waals surface area contributed by atoms with Crippen LogP contribution < -0.4 is 5.30 Å². The first-order chi connectivity index (χ1) is 4.84. The van der Waals surface area contributed by atoms with E-state index in [4.69, 9.17) is 16.3 Å². The molecular formula is C7H8OPS+. The third kappa shape index (κ3) is 1.84. The maximum absolute atomic E-state index is 5.05. The van der Waals surface area contributed by atoms with Gasteiger partial charge in [0, 0.05) is 0 Å². The van der Waals surface area contributed by atoms with Crippen molar-refractivity contribution in [2.45, 2.75) is 0 Å². The molecule has 0 radical (unpaired) electrons. The van der Waals surface area contributed by atoms with Crippen LogP contribution in [0.5, 0.6) is 0 Å². The molecule has 1 aromatic carbocycles. The predicted octanol–water partition coefficient (Wildman–Crippen LogP) is 1.82. The second-order valence-electron chi connectivity index (χ2n) is 1.78. The zero-order valence-corrected chi connectivity index (χ0v) is 7.36. The van der Waals surface area contributed by atoms with Gasteiger partial charge in [-0.1, -0.05) is 18.2 Å². The number of hydrogen-bond acceptors (Lipinski definition) is 2. The van der Waals surface area contributed by atoms with Crippen LogP contribution >= 0.6 is 6.92 Å². The van der Waals surface area contributed by atoms with Crippen molar-refractivity contribution in [2.24, 2.45) is 0 Å². The molecule has 0 saturated heterocycles. The molecule has 1 atom stereocenters. The van der Waals surface area contributed by atoms with Crippen molar-refractivity contribution in [1.82, 2.24) is 0 Å². The molecule has 52 valence electrons. The van der Waals surface area contributed by atoms with Crippen molar-refractivity contribution in [1.29, 1.82) is 0 Å². The molecular weight excluding hydrogens is 163 g/mol. The molecule has 0 aliphatic carbocycles. The van der Waals surface area contributed by atoms with E-state index in [1.165, 1.54) is 0 Å². The van der Waals surface area contributed by atoms with Gasteiger partial charge in [0.25, 0.3) is 0 Å². The number of hydrogen-bond donors (Lipinski definition) is 0. The van der Waals surface area contributed by atoms with E-state index in [1.54, 1.807) is 7.11 Å². The molecule has 10 heavy (non-hydrogen) atoms. The SMILES string of the molecule is CO[P+](=S)c1ccccc1. The van der Waals surface area contributed by atoms with Crippen LogP contribution in [-0.2, 0) is 16.3 Å². The van der Waals surface area contributed by atoms with Crippen molar-refractivity contribution in [3.8, 4) is 0 Å². The Morgan fingerprint density at radius 1 is 1.30 bits per heavy atom. The molecule has 0 amide bonds. The molecule has 0 fully saturated rings. The lowest BCUT2D eigenvalue weighted by Gasteiger charge is -1.84. The minimum absolute atomic E-state index is 0.790. The minimum atomic E-state index is -0.790. The molecule has 1 nitrogen and oxygen atoms in total. The maximum Gasteiger partial charge on any atom is 0.377 e. The molecule has 0 bridgehead atoms. The smallest absolute Gasteiger partial charge is 0.167 e. The molecule has 1 rings (SSSR count). The lowest BCUT2D eigenvalue weighted by atomic mass is 10.4. The van der Waals surface area contributed by atoms with Crippen LogP contribution in [0.15, 0.2) is 30.3 Å². The first-order valence-electron chi connectivity index (χ1n) is 2.91. The van der Waals surface area contributed by atoms with Crippen molar-refractivity contribution in [3.63, 3.8) is 0 Å². The van der Waals surface area contributed by atoms with Crippen LogP contribution in [0.2, 0.25) is 0 Å². The second-order valence-corrected chi connectivity index (χ2v) is 4.17. The van der Waals surface area contributed by atoms with E-state index in [1.807, 2.05) is 30.3 Å². The molecule has 1 aromatic rings. The van der Waals surface area contributed by atoms with E-state index in [2.05, 4.69) is 0 Å². The first kappa shape index (κ1) is 7.80. The third-order valence-corrected chi connectivity index (χ3v) is 3.26. The Bertz CT molecular complexity index is 222. The largest absolute Gasteiger partial charge is 0.377 e. The summed E-state index contributed by atoms with van der Waals surface area (Å²) in [6.07, 6.45) is 0. The van der Waals surface area contributed by atoms with Gasteiger partial charge in [-0.2, -0.15) is 4.52 Å². The summed E-state index contributed by atoms with van der Waals surface area (Å²) >= 11 is 5.05. The summed E-state index contributed by atoms with van der Waals surface area (Å²) in [6, 6.07) is 9.88. The van der Waals surface area contributed by atoms with Crippen molar-refractivity contribution >= 4 is 24.0 Å². The Kier molecular flexibility index (Phi) is 2.94. The fraction of sp³-hybridized carbons (Fsp3) is 0.143. The highest BCUT2D eigenvalue weighted by atomic mass is 32.4. The number of rotatable bonds is 2. The topological polar surface area (TPSA) is 9.23 Å². The summed E-state index contributed by atoms with van der Waals surface area (Å²) in [5.74, 6) is 0. The van der Waals surface area contributed by atoms with E-state index in [-0.39, 0.29) is 0 Å². The Morgan fingerprint density at radius 3 is 2.40 bits per heavy atom. The summed E-state index contributed by atoms with van der Waals surface area (Å²) in [7, 11) is 1.64. The fourth-order valence-electron chi connectivity index (χ4n) is 0.655. The van der Waals surface area contributed by atoms with Gasteiger partial charge in [-0.15, -0.1) is 0 Å². The average Bonchev–Trinajstić information content (AvgIpc) is 2.05. The standard InChI is InChI=1S/C7H8OPS/c1-8-9(10)7-5-3-2-4-6-7/h2-6H,1H3/q+1. The highest BCUT2D eigenvalue weighted by Crippen LogP contribution is 2.18. The normalized spacial score (nSPS) is 11.1. The van der Waals surface area contributed by atoms with Crippen molar-refractivity contribution in [2.75, 3.05) is 7.11 Å². The van der Waals surface area contributed by atoms with Gasteiger partial charge in [-0.25, -0.2) is 0 Å². The Hall–Kier alpha value is -0.300. The van der Waals surface area contributed by atoms with Gasteiger partial charge >= 0.3 is 6.92 Å². The third-order valence-electron chi connectivity index (χ3n) is 1.13. The summed E-state index contributed by atoms with van der Waals surface area (Å²) in [5, 5.41) is 1.11. The minimum Gasteiger partial charge on any atom is -0.167 e. The van der Waals surface area contributed by atoms with E-state index in [0.29, 0.717) is 0 Å². The van der Waals surface area contributed by atoms with Gasteiger partial charge in [-0.3, -0.25) is 0 Å². The molecule has 0 heterocycles. The molecule has 0 saturated carbocycles. The monoisotopic (exact) mass is 171 g/mol. The van der Waals surface area contributed by atoms with Gasteiger partial charge in [-0.05, 0) is 12.1 Å². The van der Waals surface area contributed by atoms with Crippen LogP contribution in [0.25, 0.3) is 0 Å². The highest BCUT2D eigenvalue weighted by molar-refractivity contribution is 8.06. The van der Waals surface area contributed by atoms with Crippen molar-refractivity contribution < 1.29 is 4.52 Å². The number of benzene rings is 1. The summed E-state index contributed by atoms with van der Waals surface area (Å²) in [6.45, 7) is -0.790. The van der Waals surface area contributed by atoms with Crippen LogP contribution in [0.4, 0.5) is 0 Å². The molecule has 0 aliphatic rings. The molecule has 0 N–H and O–H groups in total. The Morgan fingerprint density at radius 2 is 1.90 bits per heavy atom. The maximum atomic E-state index is 5.05. The zero-order valence-electron chi connectivity index (χ0n) is 5.65. The van der Waals surface area contributed by atoms with Crippen molar-refractivity contribution in [3.05, 3.63) is 30.3 Å². The van der Waals surface area contributed by atoms with E-state index < -0.39 is 6.92 Å². The summed E-state index contributed by atoms with van der Waals surface area (Å²) in [4.78, 5) is 0. The van der Waals surface area contributed by atoms with Gasteiger partial charge in [0.1, 0.15) is 0 Å². The van der Waals surface area contributed by atoms with Gasteiger partial charge in [0.05, 0.1) is 7.11 Å². The molecule has 3 heteroatoms. The zero-order chi connectivity index (χ0) is 7.40. The summed E-state index contributed by atoms with van der Waals surface area (Å²) < 4.78 is 5.02. The van der Waals surface area contributed by atoms with Gasteiger partial charge < -0.3 is 0 Å². The predicted molar refractivity (Wildman–Crippen MR) is 47.4 cm³/mol. The molecule has 0 spiro atoms. The van der Waals surface area contributed by atoms with Gasteiger partial charge in [0.15, 0.2) is 5.30 Å². The first-order valence-corrected chi connectivity index (χ1v) is 5.18. The summed E-state index contributed by atoms with van der Waals surface area (Å²) in [5.41, 5.74) is 0. The highest BCUT2D eigenvalue weighted by Gasteiger charge is 2.11. The molecule has 0 aliphatic heterocycles. The lowest BCUT2D eigenvalue weighted by Crippen LogP contribution is -1.93. The van der Waals surface area contributed by atoms with Crippen LogP contribution in [-0.4, -0.2) is 7.11 Å². The fourth-order valence-corrected chi connectivity index (χ4v) is 1.65. The lowest BCUT2D eigenvalue weighted by molar-refractivity contribution is 0.480. The quantitative estimate of drug-likeness (QED) is 0.628. The van der Waals surface area contributed by atoms with Crippen LogP contribution in [0.1, 0.15) is 0 Å². The van der Waals surface area contributed by atoms with E-state index in [9.17, 15) is 0 Å². The Labute approximate surface area is 66.5 Å². The van der Waals surface area contributed by atoms with Crippen LogP contribution in [0.3, 0.4) is 0 Å².